The highest BCUT2D eigenvalue weighted by Crippen LogP contribution is 2.27. The number of para-hydroxylation sites is 1. The number of esters is 1. The molecule has 0 saturated carbocycles. The monoisotopic (exact) mass is 387 g/mol. The fourth-order valence-electron chi connectivity index (χ4n) is 3.18. The SMILES string of the molecule is CC(C)[C@@H](OC(=O)C(c1ccccc1)c1ccccc1)C(=O)Nc1ccccc1. The van der Waals surface area contributed by atoms with Gasteiger partial charge in [-0.1, -0.05) is 92.7 Å². The van der Waals surface area contributed by atoms with E-state index in [2.05, 4.69) is 5.32 Å². The van der Waals surface area contributed by atoms with Crippen LogP contribution in [0.4, 0.5) is 5.69 Å². The first-order chi connectivity index (χ1) is 14.1. The molecule has 3 rings (SSSR count). The molecule has 0 heterocycles. The lowest BCUT2D eigenvalue weighted by Gasteiger charge is -2.24. The van der Waals surface area contributed by atoms with Crippen molar-refractivity contribution < 1.29 is 14.3 Å². The van der Waals surface area contributed by atoms with Crippen molar-refractivity contribution in [3.05, 3.63) is 102 Å². The van der Waals surface area contributed by atoms with E-state index in [1.807, 2.05) is 92.7 Å². The van der Waals surface area contributed by atoms with E-state index >= 15 is 0 Å². The largest absolute Gasteiger partial charge is 0.451 e. The van der Waals surface area contributed by atoms with E-state index in [1.54, 1.807) is 12.1 Å². The van der Waals surface area contributed by atoms with Crippen molar-refractivity contribution in [1.82, 2.24) is 0 Å². The molecular weight excluding hydrogens is 362 g/mol. The van der Waals surface area contributed by atoms with Crippen LogP contribution in [0, 0.1) is 5.92 Å². The van der Waals surface area contributed by atoms with Gasteiger partial charge in [0.05, 0.1) is 0 Å². The van der Waals surface area contributed by atoms with Gasteiger partial charge in [0, 0.05) is 5.69 Å². The summed E-state index contributed by atoms with van der Waals surface area (Å²) in [5.41, 5.74) is 2.33. The average Bonchev–Trinajstić information content (AvgIpc) is 2.74. The molecule has 0 aliphatic rings. The van der Waals surface area contributed by atoms with Gasteiger partial charge >= 0.3 is 5.97 Å². The van der Waals surface area contributed by atoms with Crippen LogP contribution >= 0.6 is 0 Å². The van der Waals surface area contributed by atoms with E-state index in [9.17, 15) is 9.59 Å². The first-order valence-corrected chi connectivity index (χ1v) is 9.72. The van der Waals surface area contributed by atoms with Gasteiger partial charge in [0.2, 0.25) is 0 Å². The van der Waals surface area contributed by atoms with Gasteiger partial charge in [-0.15, -0.1) is 0 Å². The summed E-state index contributed by atoms with van der Waals surface area (Å²) in [5, 5.41) is 2.83. The first-order valence-electron chi connectivity index (χ1n) is 9.72. The zero-order chi connectivity index (χ0) is 20.6. The number of amides is 1. The maximum atomic E-state index is 13.2. The number of carbonyl (C=O) groups excluding carboxylic acids is 2. The average molecular weight is 387 g/mol. The molecule has 0 aromatic heterocycles. The van der Waals surface area contributed by atoms with Gasteiger partial charge in [0.1, 0.15) is 5.92 Å². The van der Waals surface area contributed by atoms with Crippen molar-refractivity contribution in [3.63, 3.8) is 0 Å². The second-order valence-corrected chi connectivity index (χ2v) is 7.21. The van der Waals surface area contributed by atoms with Crippen molar-refractivity contribution in [2.75, 3.05) is 5.32 Å². The Kier molecular flexibility index (Phi) is 6.80. The molecule has 1 atom stereocenters. The molecule has 0 aliphatic carbocycles. The van der Waals surface area contributed by atoms with Crippen molar-refractivity contribution in [3.8, 4) is 0 Å². The molecule has 3 aromatic carbocycles. The van der Waals surface area contributed by atoms with Crippen molar-refractivity contribution >= 4 is 17.6 Å². The second kappa shape index (κ2) is 9.69. The Bertz CT molecular complexity index is 885. The third-order valence-electron chi connectivity index (χ3n) is 4.65. The van der Waals surface area contributed by atoms with Gasteiger partial charge in [-0.3, -0.25) is 9.59 Å². The highest BCUT2D eigenvalue weighted by molar-refractivity contribution is 5.96. The molecule has 29 heavy (non-hydrogen) atoms. The summed E-state index contributed by atoms with van der Waals surface area (Å²) in [7, 11) is 0. The molecule has 0 fully saturated rings. The molecule has 0 aliphatic heterocycles. The summed E-state index contributed by atoms with van der Waals surface area (Å²) in [6.07, 6.45) is -0.891. The smallest absolute Gasteiger partial charge is 0.318 e. The quantitative estimate of drug-likeness (QED) is 0.579. The molecule has 0 unspecified atom stereocenters. The predicted octanol–water partition coefficient (Wildman–Crippen LogP) is 5.03. The van der Waals surface area contributed by atoms with E-state index in [1.165, 1.54) is 0 Å². The highest BCUT2D eigenvalue weighted by Gasteiger charge is 2.31. The number of anilines is 1. The predicted molar refractivity (Wildman–Crippen MR) is 115 cm³/mol. The fraction of sp³-hybridized carbons (Fsp3) is 0.200. The van der Waals surface area contributed by atoms with Crippen LogP contribution in [-0.4, -0.2) is 18.0 Å². The molecular formula is C25H25NO3. The van der Waals surface area contributed by atoms with Crippen molar-refractivity contribution in [2.24, 2.45) is 5.92 Å². The van der Waals surface area contributed by atoms with Gasteiger partial charge < -0.3 is 10.1 Å². The molecule has 4 heteroatoms. The van der Waals surface area contributed by atoms with E-state index in [-0.39, 0.29) is 11.8 Å². The Morgan fingerprint density at radius 2 is 1.17 bits per heavy atom. The number of benzene rings is 3. The molecule has 0 spiro atoms. The fourth-order valence-corrected chi connectivity index (χ4v) is 3.18. The third kappa shape index (κ3) is 5.32. The summed E-state index contributed by atoms with van der Waals surface area (Å²) in [6, 6.07) is 28.1. The normalized spacial score (nSPS) is 11.9. The minimum Gasteiger partial charge on any atom is -0.451 e. The molecule has 148 valence electrons. The number of nitrogens with one attached hydrogen (secondary N) is 1. The number of carbonyl (C=O) groups is 2. The molecule has 0 bridgehead atoms. The zero-order valence-corrected chi connectivity index (χ0v) is 16.6. The molecule has 4 nitrogen and oxygen atoms in total. The third-order valence-corrected chi connectivity index (χ3v) is 4.65. The maximum absolute atomic E-state index is 13.2. The van der Waals surface area contributed by atoms with E-state index in [0.29, 0.717) is 5.69 Å². The summed E-state index contributed by atoms with van der Waals surface area (Å²) in [4.78, 5) is 26.0. The Balaban J connectivity index is 1.83. The number of rotatable bonds is 7. The second-order valence-electron chi connectivity index (χ2n) is 7.21. The Morgan fingerprint density at radius 1 is 0.724 bits per heavy atom. The van der Waals surface area contributed by atoms with Gasteiger partial charge in [-0.2, -0.15) is 0 Å². The van der Waals surface area contributed by atoms with Gasteiger partial charge in [0.15, 0.2) is 6.10 Å². The summed E-state index contributed by atoms with van der Waals surface area (Å²) < 4.78 is 5.77. The Morgan fingerprint density at radius 3 is 1.62 bits per heavy atom. The Labute approximate surface area is 171 Å². The van der Waals surface area contributed by atoms with Crippen molar-refractivity contribution in [1.29, 1.82) is 0 Å². The van der Waals surface area contributed by atoms with E-state index in [4.69, 9.17) is 4.74 Å². The van der Waals surface area contributed by atoms with Crippen molar-refractivity contribution in [2.45, 2.75) is 25.9 Å². The molecule has 1 amide bonds. The Hall–Kier alpha value is -3.40. The summed E-state index contributed by atoms with van der Waals surface area (Å²) >= 11 is 0. The number of hydrogen-bond acceptors (Lipinski definition) is 3. The van der Waals surface area contributed by atoms with E-state index < -0.39 is 18.0 Å². The molecule has 0 saturated heterocycles. The summed E-state index contributed by atoms with van der Waals surface area (Å²) in [5.74, 6) is -1.54. The van der Waals surface area contributed by atoms with Crippen LogP contribution in [0.2, 0.25) is 0 Å². The highest BCUT2D eigenvalue weighted by atomic mass is 16.5. The maximum Gasteiger partial charge on any atom is 0.318 e. The topological polar surface area (TPSA) is 55.4 Å². The van der Waals surface area contributed by atoms with Crippen LogP contribution in [0.15, 0.2) is 91.0 Å². The lowest BCUT2D eigenvalue weighted by molar-refractivity contribution is -0.157. The van der Waals surface area contributed by atoms with Gasteiger partial charge in [-0.05, 0) is 29.2 Å². The minimum atomic E-state index is -0.891. The zero-order valence-electron chi connectivity index (χ0n) is 16.6. The van der Waals surface area contributed by atoms with Crippen LogP contribution in [0.5, 0.6) is 0 Å². The standard InChI is InChI=1S/C25H25NO3/c1-18(2)23(24(27)26-21-16-10-5-11-17-21)29-25(28)22(19-12-6-3-7-13-19)20-14-8-4-9-15-20/h3-18,22-23H,1-2H3,(H,26,27)/t23-/m1/s1. The minimum absolute atomic E-state index is 0.171. The van der Waals surface area contributed by atoms with Crippen LogP contribution in [0.1, 0.15) is 30.9 Å². The van der Waals surface area contributed by atoms with E-state index in [0.717, 1.165) is 11.1 Å². The van der Waals surface area contributed by atoms with Crippen LogP contribution in [-0.2, 0) is 14.3 Å². The van der Waals surface area contributed by atoms with Gasteiger partial charge in [0.25, 0.3) is 5.91 Å². The number of ether oxygens (including phenoxy) is 1. The van der Waals surface area contributed by atoms with Gasteiger partial charge in [-0.25, -0.2) is 0 Å². The first kappa shape index (κ1) is 20.3. The molecule has 1 N–H and O–H groups in total. The van der Waals surface area contributed by atoms with Crippen LogP contribution < -0.4 is 5.32 Å². The molecule has 0 radical (unpaired) electrons. The lowest BCUT2D eigenvalue weighted by Crippen LogP contribution is -2.38. The van der Waals surface area contributed by atoms with Crippen LogP contribution in [0.3, 0.4) is 0 Å². The molecule has 3 aromatic rings. The lowest BCUT2D eigenvalue weighted by atomic mass is 9.91. The summed E-state index contributed by atoms with van der Waals surface area (Å²) in [6.45, 7) is 3.73. The van der Waals surface area contributed by atoms with Crippen LogP contribution in [0.25, 0.3) is 0 Å². The number of hydrogen-bond donors (Lipinski definition) is 1.